The molecule has 0 aliphatic carbocycles. The van der Waals surface area contributed by atoms with Crippen LogP contribution < -0.4 is 5.73 Å². The number of hydrogen-bond donors (Lipinski definition) is 1. The number of hydrogen-bond acceptors (Lipinski definition) is 2. The van der Waals surface area contributed by atoms with Crippen molar-refractivity contribution >= 4 is 12.4 Å². The molecule has 0 rings (SSSR count). The highest BCUT2D eigenvalue weighted by Gasteiger charge is 2.04. The van der Waals surface area contributed by atoms with E-state index in [1.165, 1.54) is 0 Å². The van der Waals surface area contributed by atoms with Gasteiger partial charge in [-0.1, -0.05) is 13.8 Å². The molecule has 0 aliphatic heterocycles. The zero-order valence-electron chi connectivity index (χ0n) is 6.26. The van der Waals surface area contributed by atoms with Gasteiger partial charge in [-0.05, 0) is 5.92 Å². The molecule has 0 aliphatic rings. The lowest BCUT2D eigenvalue weighted by molar-refractivity contribution is 0.164. The quantitative estimate of drug-likeness (QED) is 0.658. The SMILES string of the molecule is COC[C@H](N)C(C)C.Cl. The Bertz CT molecular complexity index is 59.0. The van der Waals surface area contributed by atoms with Crippen LogP contribution in [0.15, 0.2) is 0 Å². The third-order valence-corrected chi connectivity index (χ3v) is 1.22. The second kappa shape index (κ2) is 6.33. The summed E-state index contributed by atoms with van der Waals surface area (Å²) in [5.74, 6) is 0.523. The summed E-state index contributed by atoms with van der Waals surface area (Å²) in [7, 11) is 1.67. The van der Waals surface area contributed by atoms with Gasteiger partial charge in [0, 0.05) is 13.2 Å². The second-order valence-electron chi connectivity index (χ2n) is 2.36. The second-order valence-corrected chi connectivity index (χ2v) is 2.36. The molecule has 1 atom stereocenters. The molecule has 0 aromatic heterocycles. The Kier molecular flexibility index (Phi) is 8.40. The smallest absolute Gasteiger partial charge is 0.0616 e. The van der Waals surface area contributed by atoms with Gasteiger partial charge in [0.2, 0.25) is 0 Å². The van der Waals surface area contributed by atoms with Crippen LogP contribution >= 0.6 is 12.4 Å². The Morgan fingerprint density at radius 2 is 1.89 bits per heavy atom. The molecule has 0 radical (unpaired) electrons. The summed E-state index contributed by atoms with van der Waals surface area (Å²) < 4.78 is 4.84. The van der Waals surface area contributed by atoms with Crippen molar-refractivity contribution in [1.82, 2.24) is 0 Å². The monoisotopic (exact) mass is 153 g/mol. The van der Waals surface area contributed by atoms with Crippen LogP contribution in [-0.4, -0.2) is 19.8 Å². The Labute approximate surface area is 63.2 Å². The van der Waals surface area contributed by atoms with Crippen molar-refractivity contribution in [2.45, 2.75) is 19.9 Å². The minimum absolute atomic E-state index is 0. The highest BCUT2D eigenvalue weighted by Crippen LogP contribution is 1.96. The molecule has 0 heterocycles. The molecule has 0 saturated heterocycles. The zero-order valence-corrected chi connectivity index (χ0v) is 7.07. The molecule has 0 unspecified atom stereocenters. The first-order chi connectivity index (χ1) is 3.68. The molecule has 9 heavy (non-hydrogen) atoms. The average Bonchev–Trinajstić information content (AvgIpc) is 1.67. The van der Waals surface area contributed by atoms with E-state index in [4.69, 9.17) is 10.5 Å². The molecule has 2 N–H and O–H groups in total. The number of rotatable bonds is 3. The lowest BCUT2D eigenvalue weighted by atomic mass is 10.1. The third kappa shape index (κ3) is 6.09. The molecule has 3 heteroatoms. The van der Waals surface area contributed by atoms with Crippen molar-refractivity contribution in [2.75, 3.05) is 13.7 Å². The van der Waals surface area contributed by atoms with Crippen molar-refractivity contribution in [2.24, 2.45) is 11.7 Å². The molecule has 0 aromatic rings. The van der Waals surface area contributed by atoms with Crippen LogP contribution in [0.5, 0.6) is 0 Å². The van der Waals surface area contributed by atoms with E-state index < -0.39 is 0 Å². The molecule has 0 fully saturated rings. The normalized spacial score (nSPS) is 13.0. The number of methoxy groups -OCH3 is 1. The Hall–Kier alpha value is 0.210. The first-order valence-electron chi connectivity index (χ1n) is 2.93. The summed E-state index contributed by atoms with van der Waals surface area (Å²) in [6.45, 7) is 4.84. The van der Waals surface area contributed by atoms with Crippen LogP contribution in [0.2, 0.25) is 0 Å². The van der Waals surface area contributed by atoms with Crippen molar-refractivity contribution in [1.29, 1.82) is 0 Å². The van der Waals surface area contributed by atoms with E-state index >= 15 is 0 Å². The summed E-state index contributed by atoms with van der Waals surface area (Å²) in [5, 5.41) is 0. The third-order valence-electron chi connectivity index (χ3n) is 1.22. The number of nitrogens with two attached hydrogens (primary N) is 1. The largest absolute Gasteiger partial charge is 0.383 e. The molecule has 0 bridgehead atoms. The molecule has 0 spiro atoms. The van der Waals surface area contributed by atoms with Crippen molar-refractivity contribution in [3.63, 3.8) is 0 Å². The summed E-state index contributed by atoms with van der Waals surface area (Å²) in [6.07, 6.45) is 0. The van der Waals surface area contributed by atoms with E-state index in [1.807, 2.05) is 0 Å². The zero-order chi connectivity index (χ0) is 6.57. The first-order valence-corrected chi connectivity index (χ1v) is 2.93. The molecular formula is C6H16ClNO. The van der Waals surface area contributed by atoms with Gasteiger partial charge in [-0.15, -0.1) is 12.4 Å². The van der Waals surface area contributed by atoms with Crippen molar-refractivity contribution < 1.29 is 4.74 Å². The van der Waals surface area contributed by atoms with Gasteiger partial charge < -0.3 is 10.5 Å². The predicted molar refractivity (Wildman–Crippen MR) is 41.9 cm³/mol. The molecule has 2 nitrogen and oxygen atoms in total. The fraction of sp³-hybridized carbons (Fsp3) is 1.00. The average molecular weight is 154 g/mol. The van der Waals surface area contributed by atoms with E-state index in [1.54, 1.807) is 7.11 Å². The van der Waals surface area contributed by atoms with Gasteiger partial charge in [0.05, 0.1) is 6.61 Å². The van der Waals surface area contributed by atoms with E-state index in [9.17, 15) is 0 Å². The van der Waals surface area contributed by atoms with Crippen LogP contribution in [-0.2, 0) is 4.74 Å². The van der Waals surface area contributed by atoms with Gasteiger partial charge in [-0.3, -0.25) is 0 Å². The van der Waals surface area contributed by atoms with Crippen molar-refractivity contribution in [3.8, 4) is 0 Å². The summed E-state index contributed by atoms with van der Waals surface area (Å²) >= 11 is 0. The summed E-state index contributed by atoms with van der Waals surface area (Å²) in [5.41, 5.74) is 5.60. The Morgan fingerprint density at radius 1 is 1.44 bits per heavy atom. The lowest BCUT2D eigenvalue weighted by Crippen LogP contribution is -2.30. The van der Waals surface area contributed by atoms with Crippen LogP contribution in [0.4, 0.5) is 0 Å². The van der Waals surface area contributed by atoms with E-state index in [0.29, 0.717) is 12.5 Å². The summed E-state index contributed by atoms with van der Waals surface area (Å²) in [4.78, 5) is 0. The van der Waals surface area contributed by atoms with Gasteiger partial charge in [0.15, 0.2) is 0 Å². The number of ether oxygens (including phenoxy) is 1. The first kappa shape index (κ1) is 11.9. The van der Waals surface area contributed by atoms with Gasteiger partial charge in [-0.2, -0.15) is 0 Å². The Morgan fingerprint density at radius 3 is 2.00 bits per heavy atom. The van der Waals surface area contributed by atoms with Crippen LogP contribution in [0, 0.1) is 5.92 Å². The molecular weight excluding hydrogens is 138 g/mol. The standard InChI is InChI=1S/C6H15NO.ClH/c1-5(2)6(7)4-8-3;/h5-6H,4,7H2,1-3H3;1H/t6-;/m0./s1. The van der Waals surface area contributed by atoms with Crippen LogP contribution in [0.1, 0.15) is 13.8 Å². The van der Waals surface area contributed by atoms with Gasteiger partial charge in [-0.25, -0.2) is 0 Å². The summed E-state index contributed by atoms with van der Waals surface area (Å²) in [6, 6.07) is 0.194. The maximum absolute atomic E-state index is 5.60. The Balaban J connectivity index is 0. The minimum Gasteiger partial charge on any atom is -0.383 e. The van der Waals surface area contributed by atoms with E-state index in [0.717, 1.165) is 0 Å². The topological polar surface area (TPSA) is 35.2 Å². The van der Waals surface area contributed by atoms with E-state index in [2.05, 4.69) is 13.8 Å². The van der Waals surface area contributed by atoms with Gasteiger partial charge in [0.1, 0.15) is 0 Å². The fourth-order valence-electron chi connectivity index (χ4n) is 0.385. The highest BCUT2D eigenvalue weighted by molar-refractivity contribution is 5.85. The molecule has 0 saturated carbocycles. The van der Waals surface area contributed by atoms with Crippen LogP contribution in [0.25, 0.3) is 0 Å². The maximum Gasteiger partial charge on any atom is 0.0616 e. The van der Waals surface area contributed by atoms with Gasteiger partial charge >= 0.3 is 0 Å². The number of halogens is 1. The van der Waals surface area contributed by atoms with Crippen molar-refractivity contribution in [3.05, 3.63) is 0 Å². The molecule has 0 aromatic carbocycles. The van der Waals surface area contributed by atoms with E-state index in [-0.39, 0.29) is 18.4 Å². The lowest BCUT2D eigenvalue weighted by Gasteiger charge is -2.12. The fourth-order valence-corrected chi connectivity index (χ4v) is 0.385. The predicted octanol–water partition coefficient (Wildman–Crippen LogP) is 1.04. The molecule has 58 valence electrons. The molecule has 0 amide bonds. The van der Waals surface area contributed by atoms with Gasteiger partial charge in [0.25, 0.3) is 0 Å². The highest BCUT2D eigenvalue weighted by atomic mass is 35.5. The minimum atomic E-state index is 0. The maximum atomic E-state index is 5.60. The van der Waals surface area contributed by atoms with Crippen LogP contribution in [0.3, 0.4) is 0 Å².